The topological polar surface area (TPSA) is 89.5 Å². The maximum atomic E-state index is 14.3. The third-order valence-electron chi connectivity index (χ3n) is 4.69. The molecule has 0 spiro atoms. The Morgan fingerprint density at radius 3 is 2.72 bits per heavy atom. The fourth-order valence-corrected chi connectivity index (χ4v) is 3.43. The summed E-state index contributed by atoms with van der Waals surface area (Å²) in [6, 6.07) is 11.0. The van der Waals surface area contributed by atoms with E-state index in [9.17, 15) is 19.3 Å². The quantitative estimate of drug-likeness (QED) is 0.682. The lowest BCUT2D eigenvalue weighted by Crippen LogP contribution is -2.41. The number of para-hydroxylation sites is 1. The van der Waals surface area contributed by atoms with Crippen LogP contribution in [0.5, 0.6) is 0 Å². The average molecular weight is 343 g/mol. The van der Waals surface area contributed by atoms with E-state index in [0.29, 0.717) is 6.42 Å². The number of fused-ring (bicyclic) bond motifs is 1. The molecule has 0 aliphatic carbocycles. The Balaban J connectivity index is 2.05. The maximum Gasteiger partial charge on any atom is 0.277 e. The lowest BCUT2D eigenvalue weighted by molar-refractivity contribution is -0.385. The minimum absolute atomic E-state index is 0.0340. The van der Waals surface area contributed by atoms with Crippen LogP contribution < -0.4 is 10.6 Å². The van der Waals surface area contributed by atoms with Gasteiger partial charge < -0.3 is 10.6 Å². The first-order valence-electron chi connectivity index (χ1n) is 7.96. The molecular formula is C18H18FN3O3. The lowest BCUT2D eigenvalue weighted by Gasteiger charge is -2.40. The van der Waals surface area contributed by atoms with Crippen molar-refractivity contribution < 1.29 is 14.1 Å². The van der Waals surface area contributed by atoms with Gasteiger partial charge >= 0.3 is 0 Å². The molecule has 7 heteroatoms. The summed E-state index contributed by atoms with van der Waals surface area (Å²) in [5, 5.41) is 11.2. The molecule has 1 aliphatic rings. The zero-order valence-electron chi connectivity index (χ0n) is 13.7. The second-order valence-corrected chi connectivity index (χ2v) is 6.22. The largest absolute Gasteiger partial charge is 0.369 e. The summed E-state index contributed by atoms with van der Waals surface area (Å²) >= 11 is 0. The third-order valence-corrected chi connectivity index (χ3v) is 4.69. The van der Waals surface area contributed by atoms with E-state index in [0.717, 1.165) is 11.3 Å². The van der Waals surface area contributed by atoms with Gasteiger partial charge in [-0.3, -0.25) is 14.9 Å². The molecule has 0 unspecified atom stereocenters. The number of nitrogens with two attached hydrogens (primary N) is 1. The van der Waals surface area contributed by atoms with Gasteiger partial charge in [-0.25, -0.2) is 4.39 Å². The molecule has 0 aromatic heterocycles. The Bertz CT molecular complexity index is 840. The fraction of sp³-hybridized carbons (Fsp3) is 0.278. The second kappa shape index (κ2) is 6.51. The number of carbonyl (C=O) groups excluding carboxylic acids is 1. The first-order chi connectivity index (χ1) is 11.9. The Morgan fingerprint density at radius 1 is 1.32 bits per heavy atom. The SMILES string of the molecule is C[C@H]1C[C@@H](C(N)=O)c2ccccc2N1Cc1c(F)cccc1[N+](=O)[O-]. The number of benzene rings is 2. The first kappa shape index (κ1) is 16.9. The molecule has 130 valence electrons. The minimum atomic E-state index is -0.615. The zero-order valence-corrected chi connectivity index (χ0v) is 13.7. The van der Waals surface area contributed by atoms with Gasteiger partial charge in [0.15, 0.2) is 0 Å². The number of nitro benzene ring substituents is 1. The molecule has 3 rings (SSSR count). The van der Waals surface area contributed by atoms with Crippen LogP contribution in [0.25, 0.3) is 0 Å². The van der Waals surface area contributed by atoms with Gasteiger partial charge in [0.25, 0.3) is 5.69 Å². The summed E-state index contributed by atoms with van der Waals surface area (Å²) in [6.45, 7) is 1.95. The van der Waals surface area contributed by atoms with E-state index >= 15 is 0 Å². The van der Waals surface area contributed by atoms with Crippen LogP contribution in [0.15, 0.2) is 42.5 Å². The van der Waals surface area contributed by atoms with E-state index in [-0.39, 0.29) is 23.8 Å². The van der Waals surface area contributed by atoms with Crippen LogP contribution in [0.2, 0.25) is 0 Å². The van der Waals surface area contributed by atoms with Crippen LogP contribution in [0.1, 0.15) is 30.4 Å². The molecule has 2 aromatic rings. The van der Waals surface area contributed by atoms with E-state index < -0.39 is 22.6 Å². The summed E-state index contributed by atoms with van der Waals surface area (Å²) in [7, 11) is 0. The standard InChI is InChI=1S/C18H18FN3O3/c1-11-9-13(18(20)23)12-5-2-3-7-16(12)21(11)10-14-15(19)6-4-8-17(14)22(24)25/h2-8,11,13H,9-10H2,1H3,(H2,20,23)/t11-,13+/m0/s1. The van der Waals surface area contributed by atoms with Crippen LogP contribution in [-0.4, -0.2) is 16.9 Å². The molecule has 0 fully saturated rings. The molecule has 1 amide bonds. The van der Waals surface area contributed by atoms with Crippen molar-refractivity contribution in [1.82, 2.24) is 0 Å². The van der Waals surface area contributed by atoms with Gasteiger partial charge in [-0.1, -0.05) is 24.3 Å². The number of anilines is 1. The highest BCUT2D eigenvalue weighted by molar-refractivity contribution is 5.85. The molecular weight excluding hydrogens is 325 g/mol. The Hall–Kier alpha value is -2.96. The molecule has 6 nitrogen and oxygen atoms in total. The maximum absolute atomic E-state index is 14.3. The number of carbonyl (C=O) groups is 1. The number of primary amides is 1. The summed E-state index contributed by atoms with van der Waals surface area (Å²) in [6.07, 6.45) is 0.481. The van der Waals surface area contributed by atoms with Gasteiger partial charge in [-0.15, -0.1) is 0 Å². The van der Waals surface area contributed by atoms with Crippen molar-refractivity contribution in [3.8, 4) is 0 Å². The molecule has 25 heavy (non-hydrogen) atoms. The first-order valence-corrected chi connectivity index (χ1v) is 7.96. The van der Waals surface area contributed by atoms with Crippen LogP contribution in [0, 0.1) is 15.9 Å². The molecule has 0 saturated heterocycles. The summed E-state index contributed by atoms with van der Waals surface area (Å²) < 4.78 is 14.3. The Kier molecular flexibility index (Phi) is 4.39. The highest BCUT2D eigenvalue weighted by Gasteiger charge is 2.34. The molecule has 0 bridgehead atoms. The van der Waals surface area contributed by atoms with Gasteiger partial charge in [0, 0.05) is 17.8 Å². The van der Waals surface area contributed by atoms with Crippen LogP contribution >= 0.6 is 0 Å². The minimum Gasteiger partial charge on any atom is -0.369 e. The zero-order chi connectivity index (χ0) is 18.1. The summed E-state index contributed by atoms with van der Waals surface area (Å²) in [5.74, 6) is -1.44. The lowest BCUT2D eigenvalue weighted by atomic mass is 9.85. The average Bonchev–Trinajstić information content (AvgIpc) is 2.57. The smallest absolute Gasteiger partial charge is 0.277 e. The van der Waals surface area contributed by atoms with Crippen molar-refractivity contribution in [3.63, 3.8) is 0 Å². The van der Waals surface area contributed by atoms with Crippen molar-refractivity contribution in [2.24, 2.45) is 5.73 Å². The molecule has 0 radical (unpaired) electrons. The van der Waals surface area contributed by atoms with E-state index in [4.69, 9.17) is 5.73 Å². The molecule has 2 atom stereocenters. The van der Waals surface area contributed by atoms with Crippen molar-refractivity contribution in [2.75, 3.05) is 4.90 Å². The van der Waals surface area contributed by atoms with Crippen LogP contribution in [0.4, 0.5) is 15.8 Å². The second-order valence-electron chi connectivity index (χ2n) is 6.22. The number of nitro groups is 1. The normalized spacial score (nSPS) is 19.4. The molecule has 1 heterocycles. The number of nitrogens with zero attached hydrogens (tertiary/aromatic N) is 2. The van der Waals surface area contributed by atoms with E-state index in [1.807, 2.05) is 36.1 Å². The molecule has 2 aromatic carbocycles. The fourth-order valence-electron chi connectivity index (χ4n) is 3.43. The van der Waals surface area contributed by atoms with Gasteiger partial charge in [-0.05, 0) is 31.0 Å². The third kappa shape index (κ3) is 3.05. The number of hydrogen-bond acceptors (Lipinski definition) is 4. The highest BCUT2D eigenvalue weighted by atomic mass is 19.1. The van der Waals surface area contributed by atoms with Gasteiger partial charge in [0.05, 0.1) is 22.9 Å². The van der Waals surface area contributed by atoms with Crippen molar-refractivity contribution in [2.45, 2.75) is 31.8 Å². The van der Waals surface area contributed by atoms with Gasteiger partial charge in [0.1, 0.15) is 5.82 Å². The van der Waals surface area contributed by atoms with Crippen molar-refractivity contribution in [3.05, 3.63) is 69.5 Å². The van der Waals surface area contributed by atoms with E-state index in [2.05, 4.69) is 0 Å². The van der Waals surface area contributed by atoms with E-state index in [1.54, 1.807) is 0 Å². The van der Waals surface area contributed by atoms with Gasteiger partial charge in [0.2, 0.25) is 5.91 Å². The summed E-state index contributed by atoms with van der Waals surface area (Å²) in [4.78, 5) is 24.3. The monoisotopic (exact) mass is 343 g/mol. The number of halogens is 1. The van der Waals surface area contributed by atoms with Gasteiger partial charge in [-0.2, -0.15) is 0 Å². The van der Waals surface area contributed by atoms with E-state index in [1.165, 1.54) is 18.2 Å². The summed E-state index contributed by atoms with van der Waals surface area (Å²) in [5.41, 5.74) is 6.83. The predicted molar refractivity (Wildman–Crippen MR) is 91.7 cm³/mol. The Morgan fingerprint density at radius 2 is 2.04 bits per heavy atom. The number of rotatable bonds is 4. The molecule has 0 saturated carbocycles. The van der Waals surface area contributed by atoms with Crippen molar-refractivity contribution in [1.29, 1.82) is 0 Å². The number of hydrogen-bond donors (Lipinski definition) is 1. The molecule has 1 aliphatic heterocycles. The predicted octanol–water partition coefficient (Wildman–Crippen LogP) is 3.10. The van der Waals surface area contributed by atoms with Crippen molar-refractivity contribution >= 4 is 17.3 Å². The highest BCUT2D eigenvalue weighted by Crippen LogP contribution is 2.39. The molecule has 2 N–H and O–H groups in total. The van der Waals surface area contributed by atoms with Crippen LogP contribution in [0.3, 0.4) is 0 Å². The Labute approximate surface area is 144 Å². The number of amides is 1. The van der Waals surface area contributed by atoms with Crippen LogP contribution in [-0.2, 0) is 11.3 Å².